The van der Waals surface area contributed by atoms with E-state index >= 15 is 0 Å². The topological polar surface area (TPSA) is 80.2 Å². The van der Waals surface area contributed by atoms with Gasteiger partial charge in [-0.05, 0) is 19.9 Å². The SMILES string of the molecule is C=C(C)OCCOCc1ccccc1OCC(O)CNC(C)CO. The molecular weight excluding hydrogens is 310 g/mol. The number of aliphatic hydroxyl groups excluding tert-OH is 2. The fourth-order valence-corrected chi connectivity index (χ4v) is 1.87. The number of ether oxygens (including phenoxy) is 3. The standard InChI is InChI=1S/C18H29NO5/c1-14(2)23-9-8-22-12-16-6-4-5-7-18(16)24-13-17(21)10-19-15(3)11-20/h4-7,15,17,19-21H,1,8-13H2,2-3H3. The molecule has 6 heteroatoms. The van der Waals surface area contributed by atoms with Crippen molar-refractivity contribution in [2.75, 3.05) is 33.0 Å². The number of allylic oxidation sites excluding steroid dienone is 1. The first-order valence-electron chi connectivity index (χ1n) is 8.12. The number of benzene rings is 1. The molecule has 6 nitrogen and oxygen atoms in total. The summed E-state index contributed by atoms with van der Waals surface area (Å²) in [6.45, 7) is 9.19. The van der Waals surface area contributed by atoms with Crippen molar-refractivity contribution in [1.82, 2.24) is 5.32 Å². The lowest BCUT2D eigenvalue weighted by molar-refractivity contribution is 0.0639. The van der Waals surface area contributed by atoms with Gasteiger partial charge in [0.15, 0.2) is 0 Å². The first-order chi connectivity index (χ1) is 11.5. The van der Waals surface area contributed by atoms with Gasteiger partial charge in [0.1, 0.15) is 25.1 Å². The predicted octanol–water partition coefficient (Wildman–Crippen LogP) is 1.46. The molecule has 1 aromatic rings. The Balaban J connectivity index is 2.35. The maximum atomic E-state index is 9.92. The Kier molecular flexibility index (Phi) is 10.1. The fourth-order valence-electron chi connectivity index (χ4n) is 1.87. The molecule has 3 N–H and O–H groups in total. The first-order valence-corrected chi connectivity index (χ1v) is 8.12. The molecule has 0 saturated carbocycles. The van der Waals surface area contributed by atoms with Crippen LogP contribution in [0.4, 0.5) is 0 Å². The Morgan fingerprint density at radius 3 is 2.75 bits per heavy atom. The van der Waals surface area contributed by atoms with Crippen LogP contribution in [0.5, 0.6) is 5.75 Å². The summed E-state index contributed by atoms with van der Waals surface area (Å²) in [6.07, 6.45) is -0.656. The van der Waals surface area contributed by atoms with E-state index in [9.17, 15) is 5.11 Å². The van der Waals surface area contributed by atoms with Crippen LogP contribution in [0.2, 0.25) is 0 Å². The molecule has 0 heterocycles. The lowest BCUT2D eigenvalue weighted by Crippen LogP contribution is -2.38. The third-order valence-electron chi connectivity index (χ3n) is 3.21. The molecule has 0 radical (unpaired) electrons. The van der Waals surface area contributed by atoms with Gasteiger partial charge in [0.25, 0.3) is 0 Å². The van der Waals surface area contributed by atoms with Crippen LogP contribution in [0.3, 0.4) is 0 Å². The molecule has 1 rings (SSSR count). The van der Waals surface area contributed by atoms with Crippen molar-refractivity contribution < 1.29 is 24.4 Å². The Hall–Kier alpha value is -1.60. The van der Waals surface area contributed by atoms with Gasteiger partial charge in [-0.3, -0.25) is 0 Å². The van der Waals surface area contributed by atoms with Gasteiger partial charge < -0.3 is 29.7 Å². The lowest BCUT2D eigenvalue weighted by Gasteiger charge is -2.17. The molecule has 136 valence electrons. The minimum absolute atomic E-state index is 0.0306. The Morgan fingerprint density at radius 2 is 2.04 bits per heavy atom. The summed E-state index contributed by atoms with van der Waals surface area (Å²) in [7, 11) is 0. The van der Waals surface area contributed by atoms with Crippen LogP contribution in [-0.4, -0.2) is 55.3 Å². The van der Waals surface area contributed by atoms with Crippen molar-refractivity contribution in [3.05, 3.63) is 42.2 Å². The third-order valence-corrected chi connectivity index (χ3v) is 3.21. The van der Waals surface area contributed by atoms with Crippen LogP contribution in [0.25, 0.3) is 0 Å². The van der Waals surface area contributed by atoms with Crippen LogP contribution in [0.15, 0.2) is 36.6 Å². The monoisotopic (exact) mass is 339 g/mol. The summed E-state index contributed by atoms with van der Waals surface area (Å²) in [5.74, 6) is 1.35. The van der Waals surface area contributed by atoms with E-state index in [2.05, 4.69) is 11.9 Å². The van der Waals surface area contributed by atoms with E-state index in [1.165, 1.54) is 0 Å². The molecule has 0 aromatic heterocycles. The van der Waals surface area contributed by atoms with Crippen LogP contribution in [0.1, 0.15) is 19.4 Å². The van der Waals surface area contributed by atoms with Gasteiger partial charge in [0.2, 0.25) is 0 Å². The number of para-hydroxylation sites is 1. The maximum Gasteiger partial charge on any atom is 0.124 e. The van der Waals surface area contributed by atoms with E-state index in [0.29, 0.717) is 37.9 Å². The number of hydrogen-bond acceptors (Lipinski definition) is 6. The molecule has 0 saturated heterocycles. The molecule has 1 aromatic carbocycles. The zero-order valence-corrected chi connectivity index (χ0v) is 14.5. The summed E-state index contributed by atoms with van der Waals surface area (Å²) < 4.78 is 16.5. The summed E-state index contributed by atoms with van der Waals surface area (Å²) in [5.41, 5.74) is 0.914. The Bertz CT molecular complexity index is 480. The zero-order valence-electron chi connectivity index (χ0n) is 14.5. The van der Waals surface area contributed by atoms with Gasteiger partial charge in [0, 0.05) is 18.2 Å². The number of hydrogen-bond donors (Lipinski definition) is 3. The van der Waals surface area contributed by atoms with Crippen molar-refractivity contribution in [2.24, 2.45) is 0 Å². The van der Waals surface area contributed by atoms with E-state index in [4.69, 9.17) is 19.3 Å². The van der Waals surface area contributed by atoms with Gasteiger partial charge >= 0.3 is 0 Å². The highest BCUT2D eigenvalue weighted by molar-refractivity contribution is 5.32. The van der Waals surface area contributed by atoms with Crippen molar-refractivity contribution in [3.63, 3.8) is 0 Å². The normalized spacial score (nSPS) is 13.3. The van der Waals surface area contributed by atoms with E-state index in [1.54, 1.807) is 6.92 Å². The Morgan fingerprint density at radius 1 is 1.29 bits per heavy atom. The third kappa shape index (κ3) is 8.88. The van der Waals surface area contributed by atoms with Gasteiger partial charge in [-0.25, -0.2) is 0 Å². The van der Waals surface area contributed by atoms with E-state index in [-0.39, 0.29) is 19.3 Å². The first kappa shape index (κ1) is 20.4. The predicted molar refractivity (Wildman–Crippen MR) is 92.9 cm³/mol. The molecule has 24 heavy (non-hydrogen) atoms. The maximum absolute atomic E-state index is 9.92. The van der Waals surface area contributed by atoms with Crippen molar-refractivity contribution in [1.29, 1.82) is 0 Å². The number of aliphatic hydroxyl groups is 2. The summed E-state index contributed by atoms with van der Waals surface area (Å²) >= 11 is 0. The molecule has 0 bridgehead atoms. The quantitative estimate of drug-likeness (QED) is 0.373. The number of nitrogens with one attached hydrogen (secondary N) is 1. The molecule has 2 atom stereocenters. The van der Waals surface area contributed by atoms with Gasteiger partial charge in [-0.1, -0.05) is 24.8 Å². The minimum Gasteiger partial charge on any atom is -0.496 e. The van der Waals surface area contributed by atoms with Gasteiger partial charge in [0.05, 0.1) is 25.6 Å². The molecule has 0 spiro atoms. The van der Waals surface area contributed by atoms with E-state index < -0.39 is 6.10 Å². The minimum atomic E-state index is -0.656. The average Bonchev–Trinajstić information content (AvgIpc) is 2.58. The van der Waals surface area contributed by atoms with Gasteiger partial charge in [-0.2, -0.15) is 0 Å². The van der Waals surface area contributed by atoms with E-state index in [0.717, 1.165) is 5.56 Å². The Labute approximate surface area is 144 Å². The molecule has 0 amide bonds. The molecule has 0 fully saturated rings. The summed E-state index contributed by atoms with van der Waals surface area (Å²) in [6, 6.07) is 7.51. The second-order valence-electron chi connectivity index (χ2n) is 5.67. The molecular formula is C18H29NO5. The largest absolute Gasteiger partial charge is 0.496 e. The second kappa shape index (κ2) is 11.9. The molecule has 2 unspecified atom stereocenters. The van der Waals surface area contributed by atoms with Crippen molar-refractivity contribution >= 4 is 0 Å². The zero-order chi connectivity index (χ0) is 17.8. The van der Waals surface area contributed by atoms with Crippen LogP contribution < -0.4 is 10.1 Å². The fraction of sp³-hybridized carbons (Fsp3) is 0.556. The van der Waals surface area contributed by atoms with Crippen molar-refractivity contribution in [2.45, 2.75) is 32.6 Å². The van der Waals surface area contributed by atoms with Gasteiger partial charge in [-0.15, -0.1) is 0 Å². The highest BCUT2D eigenvalue weighted by atomic mass is 16.5. The highest BCUT2D eigenvalue weighted by Gasteiger charge is 2.09. The van der Waals surface area contributed by atoms with Crippen LogP contribution in [0, 0.1) is 0 Å². The van der Waals surface area contributed by atoms with Crippen LogP contribution >= 0.6 is 0 Å². The molecule has 0 aliphatic rings. The molecule has 0 aliphatic carbocycles. The van der Waals surface area contributed by atoms with Crippen LogP contribution in [-0.2, 0) is 16.1 Å². The van der Waals surface area contributed by atoms with E-state index in [1.807, 2.05) is 31.2 Å². The average molecular weight is 339 g/mol. The van der Waals surface area contributed by atoms with Crippen molar-refractivity contribution in [3.8, 4) is 5.75 Å². The summed E-state index contributed by atoms with van der Waals surface area (Å²) in [5, 5.41) is 21.9. The number of rotatable bonds is 13. The lowest BCUT2D eigenvalue weighted by atomic mass is 10.2. The second-order valence-corrected chi connectivity index (χ2v) is 5.67. The smallest absolute Gasteiger partial charge is 0.124 e. The highest BCUT2D eigenvalue weighted by Crippen LogP contribution is 2.19. The summed E-state index contributed by atoms with van der Waals surface area (Å²) in [4.78, 5) is 0. The molecule has 0 aliphatic heterocycles.